The van der Waals surface area contributed by atoms with E-state index in [0.717, 1.165) is 28.6 Å². The van der Waals surface area contributed by atoms with Gasteiger partial charge < -0.3 is 9.47 Å². The van der Waals surface area contributed by atoms with E-state index in [1.54, 1.807) is 0 Å². The minimum Gasteiger partial charge on any atom is -0.493 e. The third kappa shape index (κ3) is 3.33. The average Bonchev–Trinajstić information content (AvgIpc) is 2.77. The molecular weight excluding hydrogens is 296 g/mol. The van der Waals surface area contributed by atoms with Gasteiger partial charge in [-0.05, 0) is 24.1 Å². The van der Waals surface area contributed by atoms with Crippen LogP contribution in [0.4, 0.5) is 0 Å². The summed E-state index contributed by atoms with van der Waals surface area (Å²) in [5, 5.41) is 0. The number of rotatable bonds is 6. The Hall–Kier alpha value is -0.870. The molecule has 1 aromatic rings. The van der Waals surface area contributed by atoms with Gasteiger partial charge in [-0.25, -0.2) is 0 Å². The highest BCUT2D eigenvalue weighted by molar-refractivity contribution is 9.10. The average molecular weight is 313 g/mol. The van der Waals surface area contributed by atoms with Crippen LogP contribution in [-0.2, 0) is 22.4 Å². The number of halogens is 1. The second-order valence-corrected chi connectivity index (χ2v) is 5.34. The fourth-order valence-corrected chi connectivity index (χ4v) is 2.62. The van der Waals surface area contributed by atoms with Gasteiger partial charge in [-0.1, -0.05) is 22.9 Å². The van der Waals surface area contributed by atoms with Crippen LogP contribution in [0.3, 0.4) is 0 Å². The first kappa shape index (κ1) is 13.6. The molecule has 0 spiro atoms. The van der Waals surface area contributed by atoms with Gasteiger partial charge in [0.1, 0.15) is 12.4 Å². The van der Waals surface area contributed by atoms with E-state index in [-0.39, 0.29) is 12.4 Å². The Morgan fingerprint density at radius 1 is 1.50 bits per heavy atom. The van der Waals surface area contributed by atoms with Gasteiger partial charge in [-0.15, -0.1) is 0 Å². The second-order valence-electron chi connectivity index (χ2n) is 4.42. The molecule has 0 atom stereocenters. The van der Waals surface area contributed by atoms with Crippen molar-refractivity contribution < 1.29 is 14.3 Å². The summed E-state index contributed by atoms with van der Waals surface area (Å²) >= 11 is 3.47. The van der Waals surface area contributed by atoms with Gasteiger partial charge in [0.15, 0.2) is 5.78 Å². The molecule has 1 aromatic carbocycles. The largest absolute Gasteiger partial charge is 0.493 e. The topological polar surface area (TPSA) is 35.5 Å². The third-order valence-corrected chi connectivity index (χ3v) is 3.28. The molecule has 1 heterocycles. The number of benzene rings is 1. The lowest BCUT2D eigenvalue weighted by atomic mass is 10.0. The van der Waals surface area contributed by atoms with E-state index in [1.165, 1.54) is 5.56 Å². The highest BCUT2D eigenvalue weighted by atomic mass is 79.9. The molecule has 1 aliphatic heterocycles. The van der Waals surface area contributed by atoms with Gasteiger partial charge in [0, 0.05) is 29.5 Å². The van der Waals surface area contributed by atoms with E-state index >= 15 is 0 Å². The van der Waals surface area contributed by atoms with E-state index in [0.29, 0.717) is 19.6 Å². The van der Waals surface area contributed by atoms with Gasteiger partial charge in [-0.3, -0.25) is 4.79 Å². The maximum absolute atomic E-state index is 11.8. The summed E-state index contributed by atoms with van der Waals surface area (Å²) in [4.78, 5) is 11.8. The number of Topliss-reactive ketones (excluding diaryl/α,β-unsaturated/α-hetero) is 1. The van der Waals surface area contributed by atoms with Gasteiger partial charge in [-0.2, -0.15) is 0 Å². The van der Waals surface area contributed by atoms with Crippen molar-refractivity contribution >= 4 is 21.7 Å². The summed E-state index contributed by atoms with van der Waals surface area (Å²) in [5.74, 6) is 0.987. The number of ether oxygens (including phenoxy) is 2. The molecular formula is C14H17BrO3. The predicted octanol–water partition coefficient (Wildman–Crippen LogP) is 2.92. The van der Waals surface area contributed by atoms with Crippen molar-refractivity contribution in [2.24, 2.45) is 0 Å². The summed E-state index contributed by atoms with van der Waals surface area (Å²) in [6.45, 7) is 3.56. The number of fused-ring (bicyclic) bond motifs is 1. The lowest BCUT2D eigenvalue weighted by Gasteiger charge is -2.08. The Balaban J connectivity index is 2.03. The molecule has 0 amide bonds. The molecule has 2 rings (SSSR count). The molecule has 3 nitrogen and oxygen atoms in total. The first-order valence-electron chi connectivity index (χ1n) is 6.24. The standard InChI is InChI=1S/C14H17BrO3/c1-2-4-17-9-13(16)8-11-7-12(15)6-10-3-5-18-14(10)11/h6-7H,2-5,8-9H2,1H3. The van der Waals surface area contributed by atoms with Crippen LogP contribution >= 0.6 is 15.9 Å². The Kier molecular flexibility index (Phi) is 4.78. The molecule has 0 saturated carbocycles. The minimum absolute atomic E-state index is 0.0965. The zero-order valence-electron chi connectivity index (χ0n) is 10.5. The smallest absolute Gasteiger partial charge is 0.162 e. The number of carbonyl (C=O) groups is 1. The molecule has 0 radical (unpaired) electrons. The monoisotopic (exact) mass is 312 g/mol. The Morgan fingerprint density at radius 2 is 2.33 bits per heavy atom. The Bertz CT molecular complexity index is 443. The van der Waals surface area contributed by atoms with Crippen molar-refractivity contribution in [2.45, 2.75) is 26.2 Å². The fraction of sp³-hybridized carbons (Fsp3) is 0.500. The summed E-state index contributed by atoms with van der Waals surface area (Å²) in [6, 6.07) is 4.02. The molecule has 0 N–H and O–H groups in total. The van der Waals surface area contributed by atoms with Gasteiger partial charge in [0.2, 0.25) is 0 Å². The van der Waals surface area contributed by atoms with Crippen LogP contribution in [0.5, 0.6) is 5.75 Å². The van der Waals surface area contributed by atoms with Crippen LogP contribution in [0.15, 0.2) is 16.6 Å². The van der Waals surface area contributed by atoms with Crippen LogP contribution in [0.25, 0.3) is 0 Å². The van der Waals surface area contributed by atoms with Gasteiger partial charge >= 0.3 is 0 Å². The maximum atomic E-state index is 11.8. The highest BCUT2D eigenvalue weighted by Gasteiger charge is 2.19. The third-order valence-electron chi connectivity index (χ3n) is 2.82. The first-order valence-corrected chi connectivity index (χ1v) is 7.03. The molecule has 98 valence electrons. The van der Waals surface area contributed by atoms with E-state index in [1.807, 2.05) is 13.0 Å². The maximum Gasteiger partial charge on any atom is 0.162 e. The van der Waals surface area contributed by atoms with Crippen LogP contribution in [0.2, 0.25) is 0 Å². The molecule has 4 heteroatoms. The van der Waals surface area contributed by atoms with Crippen LogP contribution < -0.4 is 4.74 Å². The van der Waals surface area contributed by atoms with Gasteiger partial charge in [0.05, 0.1) is 6.61 Å². The van der Waals surface area contributed by atoms with Crippen molar-refractivity contribution in [2.75, 3.05) is 19.8 Å². The highest BCUT2D eigenvalue weighted by Crippen LogP contribution is 2.33. The Morgan fingerprint density at radius 3 is 3.11 bits per heavy atom. The normalized spacial score (nSPS) is 13.2. The van der Waals surface area contributed by atoms with Crippen molar-refractivity contribution in [3.63, 3.8) is 0 Å². The van der Waals surface area contributed by atoms with E-state index < -0.39 is 0 Å². The molecule has 0 saturated heterocycles. The van der Waals surface area contributed by atoms with E-state index in [2.05, 4.69) is 22.0 Å². The van der Waals surface area contributed by atoms with E-state index in [4.69, 9.17) is 9.47 Å². The fourth-order valence-electron chi connectivity index (χ4n) is 2.07. The van der Waals surface area contributed by atoms with Crippen molar-refractivity contribution in [1.82, 2.24) is 0 Å². The summed E-state index contributed by atoms with van der Waals surface area (Å²) in [5.41, 5.74) is 2.14. The summed E-state index contributed by atoms with van der Waals surface area (Å²) in [6.07, 6.45) is 2.23. The van der Waals surface area contributed by atoms with E-state index in [9.17, 15) is 4.79 Å². The van der Waals surface area contributed by atoms with Crippen LogP contribution in [0, 0.1) is 0 Å². The quantitative estimate of drug-likeness (QED) is 0.758. The first-order chi connectivity index (χ1) is 8.70. The second kappa shape index (κ2) is 6.34. The SMILES string of the molecule is CCCOCC(=O)Cc1cc(Br)cc2c1OCC2. The number of carbonyl (C=O) groups excluding carboxylic acids is 1. The number of ketones is 1. The number of hydrogen-bond donors (Lipinski definition) is 0. The lowest BCUT2D eigenvalue weighted by molar-refractivity contribution is -0.122. The predicted molar refractivity (Wildman–Crippen MR) is 73.2 cm³/mol. The molecule has 0 aromatic heterocycles. The van der Waals surface area contributed by atoms with Crippen molar-refractivity contribution in [1.29, 1.82) is 0 Å². The van der Waals surface area contributed by atoms with Crippen molar-refractivity contribution in [3.05, 3.63) is 27.7 Å². The summed E-state index contributed by atoms with van der Waals surface area (Å²) < 4.78 is 11.9. The summed E-state index contributed by atoms with van der Waals surface area (Å²) in [7, 11) is 0. The lowest BCUT2D eigenvalue weighted by Crippen LogP contribution is -2.12. The van der Waals surface area contributed by atoms with Crippen LogP contribution in [-0.4, -0.2) is 25.6 Å². The number of hydrogen-bond acceptors (Lipinski definition) is 3. The molecule has 18 heavy (non-hydrogen) atoms. The van der Waals surface area contributed by atoms with Crippen LogP contribution in [0.1, 0.15) is 24.5 Å². The minimum atomic E-state index is 0.0965. The molecule has 0 unspecified atom stereocenters. The molecule has 0 bridgehead atoms. The molecule has 1 aliphatic rings. The zero-order valence-corrected chi connectivity index (χ0v) is 12.1. The molecule has 0 aliphatic carbocycles. The Labute approximate surface area is 116 Å². The molecule has 0 fully saturated rings. The van der Waals surface area contributed by atoms with Gasteiger partial charge in [0.25, 0.3) is 0 Å². The van der Waals surface area contributed by atoms with Crippen molar-refractivity contribution in [3.8, 4) is 5.75 Å². The zero-order chi connectivity index (χ0) is 13.0.